The van der Waals surface area contributed by atoms with Crippen molar-refractivity contribution in [1.82, 2.24) is 9.78 Å². The molecule has 4 rings (SSSR count). The molecule has 4 nitrogen and oxygen atoms in total. The second-order valence-corrected chi connectivity index (χ2v) is 8.00. The molecule has 2 aromatic rings. The van der Waals surface area contributed by atoms with Gasteiger partial charge in [0.1, 0.15) is 11.6 Å². The van der Waals surface area contributed by atoms with Gasteiger partial charge in [-0.3, -0.25) is 9.48 Å². The first-order valence-electron chi connectivity index (χ1n) is 9.58. The summed E-state index contributed by atoms with van der Waals surface area (Å²) in [6.45, 7) is 0. The molecule has 2 aliphatic carbocycles. The lowest BCUT2D eigenvalue weighted by atomic mass is 9.74. The van der Waals surface area contributed by atoms with Gasteiger partial charge >= 0.3 is 11.8 Å². The van der Waals surface area contributed by atoms with Gasteiger partial charge in [-0.25, -0.2) is 8.78 Å². The number of nitrogens with zero attached hydrogens (tertiary/aromatic N) is 2. The molecule has 1 N–H and O–H groups in total. The van der Waals surface area contributed by atoms with E-state index >= 15 is 0 Å². The van der Waals surface area contributed by atoms with Gasteiger partial charge in [0.25, 0.3) is 0 Å². The fraction of sp³-hybridized carbons (Fsp3) is 0.500. The van der Waals surface area contributed by atoms with E-state index in [1.807, 2.05) is 0 Å². The number of alkyl halides is 4. The molecule has 2 saturated carbocycles. The average Bonchev–Trinajstić information content (AvgIpc) is 2.87. The third-order valence-corrected chi connectivity index (χ3v) is 5.93. The van der Waals surface area contributed by atoms with Crippen LogP contribution in [-0.4, -0.2) is 27.5 Å². The second-order valence-electron chi connectivity index (χ2n) is 8.00. The van der Waals surface area contributed by atoms with Gasteiger partial charge in [0.2, 0.25) is 5.91 Å². The van der Waals surface area contributed by atoms with Crippen molar-refractivity contribution in [3.05, 3.63) is 35.4 Å². The quantitative estimate of drug-likeness (QED) is 0.658. The zero-order valence-electron chi connectivity index (χ0n) is 16.0. The molecule has 0 bridgehead atoms. The Labute approximate surface area is 168 Å². The summed E-state index contributed by atoms with van der Waals surface area (Å²) >= 11 is 0. The highest BCUT2D eigenvalue weighted by atomic mass is 19.3. The lowest BCUT2D eigenvalue weighted by Crippen LogP contribution is -2.59. The molecule has 0 unspecified atom stereocenters. The van der Waals surface area contributed by atoms with E-state index in [4.69, 9.17) is 0 Å². The van der Waals surface area contributed by atoms with Crippen LogP contribution in [0.15, 0.2) is 18.2 Å². The number of carbonyl (C=O) groups is 1. The van der Waals surface area contributed by atoms with Gasteiger partial charge in [0, 0.05) is 43.0 Å². The van der Waals surface area contributed by atoms with Gasteiger partial charge in [-0.05, 0) is 30.9 Å². The first-order chi connectivity index (χ1) is 14.0. The van der Waals surface area contributed by atoms with Crippen molar-refractivity contribution in [2.75, 3.05) is 5.32 Å². The van der Waals surface area contributed by atoms with Crippen molar-refractivity contribution in [2.24, 2.45) is 13.0 Å². The molecule has 1 aromatic heterocycles. The number of hydrogen-bond donors (Lipinski definition) is 1. The number of carbonyl (C=O) groups excluding carboxylic acids is 1. The Morgan fingerprint density at radius 3 is 2.30 bits per heavy atom. The summed E-state index contributed by atoms with van der Waals surface area (Å²) in [7, 11) is 1.54. The Morgan fingerprint density at radius 1 is 1.17 bits per heavy atom. The molecule has 162 valence electrons. The van der Waals surface area contributed by atoms with Crippen LogP contribution in [0.2, 0.25) is 0 Å². The van der Waals surface area contributed by atoms with Crippen LogP contribution in [-0.2, 0) is 11.8 Å². The lowest BCUT2D eigenvalue weighted by Gasteiger charge is -2.43. The molecule has 30 heavy (non-hydrogen) atoms. The van der Waals surface area contributed by atoms with E-state index in [0.29, 0.717) is 11.3 Å². The van der Waals surface area contributed by atoms with E-state index in [-0.39, 0.29) is 17.3 Å². The third-order valence-electron chi connectivity index (χ3n) is 5.93. The molecule has 0 radical (unpaired) electrons. The number of halogens is 6. The zero-order chi connectivity index (χ0) is 21.8. The van der Waals surface area contributed by atoms with E-state index in [1.165, 1.54) is 11.7 Å². The summed E-state index contributed by atoms with van der Waals surface area (Å²) in [5, 5.41) is 6.66. The topological polar surface area (TPSA) is 46.9 Å². The number of aromatic nitrogens is 2. The molecule has 0 spiro atoms. The monoisotopic (exact) mass is 431 g/mol. The minimum Gasteiger partial charge on any atom is -0.309 e. The van der Waals surface area contributed by atoms with Crippen molar-refractivity contribution in [1.29, 1.82) is 0 Å². The normalized spacial score (nSPS) is 22.3. The summed E-state index contributed by atoms with van der Waals surface area (Å²) in [6, 6.07) is 3.02. The van der Waals surface area contributed by atoms with Crippen LogP contribution in [0.4, 0.5) is 32.2 Å². The zero-order valence-corrected chi connectivity index (χ0v) is 16.0. The van der Waals surface area contributed by atoms with Crippen LogP contribution in [0.25, 0.3) is 11.3 Å². The first-order valence-corrected chi connectivity index (χ1v) is 9.58. The van der Waals surface area contributed by atoms with Crippen LogP contribution in [0, 0.1) is 17.6 Å². The molecule has 2 aliphatic rings. The SMILES string of the molecule is Cn1nc(NC(=O)C[C@@H]2CC(F)(F)C2(F)F)c(C2CCC2)c1-c1cc(F)cc(F)c1. The highest BCUT2D eigenvalue weighted by Crippen LogP contribution is 2.56. The molecule has 0 aliphatic heterocycles. The number of rotatable bonds is 5. The predicted octanol–water partition coefficient (Wildman–Crippen LogP) is 5.25. The van der Waals surface area contributed by atoms with E-state index in [2.05, 4.69) is 10.4 Å². The van der Waals surface area contributed by atoms with Crippen LogP contribution >= 0.6 is 0 Å². The fourth-order valence-corrected chi connectivity index (χ4v) is 4.10. The predicted molar refractivity (Wildman–Crippen MR) is 96.4 cm³/mol. The maximum atomic E-state index is 13.7. The maximum Gasteiger partial charge on any atom is 0.313 e. The number of anilines is 1. The Balaban J connectivity index is 1.62. The van der Waals surface area contributed by atoms with Gasteiger partial charge in [0.05, 0.1) is 5.69 Å². The van der Waals surface area contributed by atoms with Crippen LogP contribution in [0.5, 0.6) is 0 Å². The summed E-state index contributed by atoms with van der Waals surface area (Å²) in [5.74, 6) is -12.4. The summed E-state index contributed by atoms with van der Waals surface area (Å²) in [6.07, 6.45) is 0.637. The number of amides is 1. The summed E-state index contributed by atoms with van der Waals surface area (Å²) in [5.41, 5.74) is 1.21. The van der Waals surface area contributed by atoms with Crippen molar-refractivity contribution < 1.29 is 31.1 Å². The van der Waals surface area contributed by atoms with Crippen LogP contribution < -0.4 is 5.32 Å². The fourth-order valence-electron chi connectivity index (χ4n) is 4.10. The Hall–Kier alpha value is -2.52. The molecule has 1 heterocycles. The number of aryl methyl sites for hydroxylation is 1. The molecular weight excluding hydrogens is 412 g/mol. The summed E-state index contributed by atoms with van der Waals surface area (Å²) in [4.78, 5) is 12.3. The number of benzene rings is 1. The molecule has 0 saturated heterocycles. The first kappa shape index (κ1) is 20.7. The highest BCUT2D eigenvalue weighted by molar-refractivity contribution is 5.92. The Kier molecular flexibility index (Phi) is 4.85. The van der Waals surface area contributed by atoms with Gasteiger partial charge < -0.3 is 5.32 Å². The van der Waals surface area contributed by atoms with Gasteiger partial charge in [-0.15, -0.1) is 0 Å². The van der Waals surface area contributed by atoms with Crippen LogP contribution in [0.3, 0.4) is 0 Å². The molecular formula is C20H19F6N3O. The van der Waals surface area contributed by atoms with Crippen LogP contribution in [0.1, 0.15) is 43.6 Å². The van der Waals surface area contributed by atoms with Crippen molar-refractivity contribution in [3.63, 3.8) is 0 Å². The molecule has 10 heteroatoms. The van der Waals surface area contributed by atoms with Gasteiger partial charge in [-0.1, -0.05) is 6.42 Å². The second kappa shape index (κ2) is 7.02. The van der Waals surface area contributed by atoms with E-state index in [1.54, 1.807) is 0 Å². The minimum absolute atomic E-state index is 0.0233. The Bertz CT molecular complexity index is 978. The van der Waals surface area contributed by atoms with Crippen molar-refractivity contribution in [3.8, 4) is 11.3 Å². The third kappa shape index (κ3) is 3.35. The minimum atomic E-state index is -4.23. The standard InChI is InChI=1S/C20H19F6N3O/c1-29-17(11-5-13(21)8-14(22)6-11)16(10-3-2-4-10)18(28-29)27-15(30)7-12-9-19(23,24)20(12,25)26/h5-6,8,10,12H,2-4,7,9H2,1H3,(H,27,28,30)/t12-/m1/s1. The maximum absolute atomic E-state index is 13.7. The Morgan fingerprint density at radius 2 is 1.80 bits per heavy atom. The highest BCUT2D eigenvalue weighted by Gasteiger charge is 2.71. The van der Waals surface area contributed by atoms with E-state index < -0.39 is 48.1 Å². The van der Waals surface area contributed by atoms with Gasteiger partial charge in [-0.2, -0.15) is 22.7 Å². The summed E-state index contributed by atoms with van der Waals surface area (Å²) < 4.78 is 81.9. The van der Waals surface area contributed by atoms with E-state index in [9.17, 15) is 31.1 Å². The molecule has 1 amide bonds. The lowest BCUT2D eigenvalue weighted by molar-refractivity contribution is -0.313. The number of nitrogens with one attached hydrogen (secondary N) is 1. The average molecular weight is 431 g/mol. The van der Waals surface area contributed by atoms with Crippen molar-refractivity contribution in [2.45, 2.75) is 49.9 Å². The van der Waals surface area contributed by atoms with Crippen molar-refractivity contribution >= 4 is 11.7 Å². The molecule has 1 aromatic carbocycles. The van der Waals surface area contributed by atoms with E-state index in [0.717, 1.165) is 37.5 Å². The smallest absolute Gasteiger partial charge is 0.309 e. The largest absolute Gasteiger partial charge is 0.313 e. The van der Waals surface area contributed by atoms with Gasteiger partial charge in [0.15, 0.2) is 5.82 Å². The number of hydrogen-bond acceptors (Lipinski definition) is 2. The molecule has 1 atom stereocenters. The molecule has 2 fully saturated rings.